The third kappa shape index (κ3) is 4.12. The van der Waals surface area contributed by atoms with E-state index in [4.69, 9.17) is 0 Å². The number of anilines is 1. The highest BCUT2D eigenvalue weighted by atomic mass is 16.2. The molecule has 2 aromatic rings. The second-order valence-corrected chi connectivity index (χ2v) is 6.43. The Morgan fingerprint density at radius 3 is 2.64 bits per heavy atom. The van der Waals surface area contributed by atoms with E-state index in [2.05, 4.69) is 21.7 Å². The van der Waals surface area contributed by atoms with Crippen LogP contribution >= 0.6 is 0 Å². The van der Waals surface area contributed by atoms with Crippen molar-refractivity contribution in [3.8, 4) is 0 Å². The van der Waals surface area contributed by atoms with Crippen LogP contribution in [0.5, 0.6) is 0 Å². The minimum Gasteiger partial charge on any atom is -0.351 e. The van der Waals surface area contributed by atoms with E-state index in [9.17, 15) is 9.59 Å². The zero-order valence-electron chi connectivity index (χ0n) is 14.2. The quantitative estimate of drug-likeness (QED) is 0.824. The van der Waals surface area contributed by atoms with Gasteiger partial charge in [0.1, 0.15) is 0 Å². The van der Waals surface area contributed by atoms with Crippen molar-refractivity contribution in [2.45, 2.75) is 26.3 Å². The molecule has 0 saturated heterocycles. The molecule has 0 aliphatic heterocycles. The minimum absolute atomic E-state index is 0.0413. The van der Waals surface area contributed by atoms with E-state index in [1.54, 1.807) is 36.7 Å². The summed E-state index contributed by atoms with van der Waals surface area (Å²) in [4.78, 5) is 28.4. The second-order valence-electron chi connectivity index (χ2n) is 6.43. The number of carbonyl (C=O) groups excluding carboxylic acids is 2. The van der Waals surface area contributed by atoms with Gasteiger partial charge in [-0.3, -0.25) is 14.6 Å². The molecular formula is C20H21N3O2. The van der Waals surface area contributed by atoms with Crippen molar-refractivity contribution in [2.75, 3.05) is 5.32 Å². The number of aromatic nitrogens is 1. The minimum atomic E-state index is -0.399. The van der Waals surface area contributed by atoms with Crippen molar-refractivity contribution in [1.29, 1.82) is 0 Å². The van der Waals surface area contributed by atoms with Gasteiger partial charge in [-0.15, -0.1) is 0 Å². The Kier molecular flexibility index (Phi) is 4.93. The number of allylic oxidation sites excluding steroid dienone is 1. The molecule has 128 valence electrons. The molecule has 0 saturated carbocycles. The highest BCUT2D eigenvalue weighted by molar-refractivity contribution is 6.04. The molecule has 1 aliphatic rings. The summed E-state index contributed by atoms with van der Waals surface area (Å²) >= 11 is 0. The average molecular weight is 335 g/mol. The van der Waals surface area contributed by atoms with Crippen LogP contribution in [0.25, 0.3) is 0 Å². The van der Waals surface area contributed by atoms with Crippen LogP contribution in [0.1, 0.15) is 35.7 Å². The van der Waals surface area contributed by atoms with Crippen molar-refractivity contribution < 1.29 is 9.59 Å². The van der Waals surface area contributed by atoms with Gasteiger partial charge >= 0.3 is 0 Å². The van der Waals surface area contributed by atoms with E-state index in [0.29, 0.717) is 17.8 Å². The zero-order chi connectivity index (χ0) is 17.7. The van der Waals surface area contributed by atoms with Crippen LogP contribution in [0.15, 0.2) is 60.9 Å². The Morgan fingerprint density at radius 1 is 1.20 bits per heavy atom. The summed E-state index contributed by atoms with van der Waals surface area (Å²) in [5, 5.41) is 5.76. The fourth-order valence-corrected chi connectivity index (χ4v) is 2.80. The SMILES string of the molecule is C[C@@]1(C(=O)NCc2ccc(C(=O)Nc3cccnc3)cc2)C=CCC1. The summed E-state index contributed by atoms with van der Waals surface area (Å²) < 4.78 is 0. The van der Waals surface area contributed by atoms with E-state index >= 15 is 0 Å². The zero-order valence-corrected chi connectivity index (χ0v) is 14.2. The number of pyridine rings is 1. The van der Waals surface area contributed by atoms with Crippen molar-refractivity contribution in [3.05, 3.63) is 72.1 Å². The summed E-state index contributed by atoms with van der Waals surface area (Å²) in [6, 6.07) is 10.8. The Labute approximate surface area is 147 Å². The van der Waals surface area contributed by atoms with Crippen LogP contribution in [0.2, 0.25) is 0 Å². The van der Waals surface area contributed by atoms with Crippen LogP contribution < -0.4 is 10.6 Å². The molecule has 5 heteroatoms. The molecule has 0 fully saturated rings. The largest absolute Gasteiger partial charge is 0.351 e. The highest BCUT2D eigenvalue weighted by Gasteiger charge is 2.31. The van der Waals surface area contributed by atoms with Gasteiger partial charge in [0, 0.05) is 18.3 Å². The lowest BCUT2D eigenvalue weighted by atomic mass is 9.89. The molecule has 0 unspecified atom stereocenters. The predicted molar refractivity (Wildman–Crippen MR) is 97.0 cm³/mol. The molecule has 2 N–H and O–H groups in total. The standard InChI is InChI=1S/C20H21N3O2/c1-20(10-2-3-11-20)19(25)22-13-15-6-8-16(9-7-15)18(24)23-17-5-4-12-21-14-17/h2,4-10,12,14H,3,11,13H2,1H3,(H,22,25)(H,23,24)/t20-/m1/s1. The molecule has 5 nitrogen and oxygen atoms in total. The first kappa shape index (κ1) is 16.9. The topological polar surface area (TPSA) is 71.1 Å². The number of carbonyl (C=O) groups is 2. The van der Waals surface area contributed by atoms with Gasteiger partial charge in [0.15, 0.2) is 0 Å². The second kappa shape index (κ2) is 7.30. The van der Waals surface area contributed by atoms with Crippen LogP contribution in [-0.4, -0.2) is 16.8 Å². The number of nitrogens with zero attached hydrogens (tertiary/aromatic N) is 1. The lowest BCUT2D eigenvalue weighted by Crippen LogP contribution is -2.36. The monoisotopic (exact) mass is 335 g/mol. The van der Waals surface area contributed by atoms with Crippen molar-refractivity contribution in [1.82, 2.24) is 10.3 Å². The summed E-state index contributed by atoms with van der Waals surface area (Å²) in [5.74, 6) is -0.146. The number of hydrogen-bond acceptors (Lipinski definition) is 3. The summed E-state index contributed by atoms with van der Waals surface area (Å²) in [7, 11) is 0. The first-order valence-corrected chi connectivity index (χ1v) is 8.33. The van der Waals surface area contributed by atoms with Crippen molar-refractivity contribution >= 4 is 17.5 Å². The molecule has 2 amide bonds. The van der Waals surface area contributed by atoms with Gasteiger partial charge in [0.05, 0.1) is 17.3 Å². The molecule has 0 bridgehead atoms. The maximum Gasteiger partial charge on any atom is 0.255 e. The van der Waals surface area contributed by atoms with E-state index in [-0.39, 0.29) is 11.8 Å². The highest BCUT2D eigenvalue weighted by Crippen LogP contribution is 2.31. The molecule has 0 radical (unpaired) electrons. The van der Waals surface area contributed by atoms with Gasteiger partial charge in [-0.2, -0.15) is 0 Å². The first-order valence-electron chi connectivity index (χ1n) is 8.33. The van der Waals surface area contributed by atoms with Gasteiger partial charge in [-0.05, 0) is 49.6 Å². The maximum absolute atomic E-state index is 12.3. The van der Waals surface area contributed by atoms with Gasteiger partial charge in [0.2, 0.25) is 5.91 Å². The van der Waals surface area contributed by atoms with E-state index < -0.39 is 5.41 Å². The fourth-order valence-electron chi connectivity index (χ4n) is 2.80. The van der Waals surface area contributed by atoms with Crippen molar-refractivity contribution in [3.63, 3.8) is 0 Å². The van der Waals surface area contributed by atoms with Crippen LogP contribution in [0, 0.1) is 5.41 Å². The number of nitrogens with one attached hydrogen (secondary N) is 2. The molecule has 1 aromatic heterocycles. The Bertz CT molecular complexity index is 784. The van der Waals surface area contributed by atoms with E-state index in [1.807, 2.05) is 25.1 Å². The number of hydrogen-bond donors (Lipinski definition) is 2. The fraction of sp³-hybridized carbons (Fsp3) is 0.250. The Hall–Kier alpha value is -2.95. The molecule has 3 rings (SSSR count). The number of rotatable bonds is 5. The Balaban J connectivity index is 1.56. The van der Waals surface area contributed by atoms with Crippen LogP contribution in [0.3, 0.4) is 0 Å². The van der Waals surface area contributed by atoms with Gasteiger partial charge in [-0.25, -0.2) is 0 Å². The van der Waals surface area contributed by atoms with Crippen LogP contribution in [-0.2, 0) is 11.3 Å². The van der Waals surface area contributed by atoms with E-state index in [1.165, 1.54) is 0 Å². The first-order chi connectivity index (χ1) is 12.1. The molecular weight excluding hydrogens is 314 g/mol. The number of amides is 2. The predicted octanol–water partition coefficient (Wildman–Crippen LogP) is 3.31. The smallest absolute Gasteiger partial charge is 0.255 e. The van der Waals surface area contributed by atoms with Gasteiger partial charge < -0.3 is 10.6 Å². The summed E-state index contributed by atoms with van der Waals surface area (Å²) in [6.07, 6.45) is 9.08. The van der Waals surface area contributed by atoms with Gasteiger partial charge in [0.25, 0.3) is 5.91 Å². The summed E-state index contributed by atoms with van der Waals surface area (Å²) in [5.41, 5.74) is 1.77. The van der Waals surface area contributed by atoms with Gasteiger partial charge in [-0.1, -0.05) is 24.3 Å². The maximum atomic E-state index is 12.3. The lowest BCUT2D eigenvalue weighted by Gasteiger charge is -2.20. The average Bonchev–Trinajstić information content (AvgIpc) is 3.09. The molecule has 25 heavy (non-hydrogen) atoms. The van der Waals surface area contributed by atoms with Crippen molar-refractivity contribution in [2.24, 2.45) is 5.41 Å². The normalized spacial score (nSPS) is 18.8. The molecule has 1 aromatic carbocycles. The Morgan fingerprint density at radius 2 is 2.00 bits per heavy atom. The third-order valence-electron chi connectivity index (χ3n) is 4.42. The lowest BCUT2D eigenvalue weighted by molar-refractivity contribution is -0.128. The van der Waals surface area contributed by atoms with E-state index in [0.717, 1.165) is 18.4 Å². The molecule has 0 spiro atoms. The number of benzene rings is 1. The third-order valence-corrected chi connectivity index (χ3v) is 4.42. The van der Waals surface area contributed by atoms with Crippen LogP contribution in [0.4, 0.5) is 5.69 Å². The summed E-state index contributed by atoms with van der Waals surface area (Å²) in [6.45, 7) is 2.41. The molecule has 1 heterocycles. The molecule has 1 atom stereocenters. The molecule has 1 aliphatic carbocycles.